The molecule has 5 nitrogen and oxygen atoms in total. The van der Waals surface area contributed by atoms with E-state index in [-0.39, 0.29) is 0 Å². The SMILES string of the molecule is CCOc1cc(Br)c(CSc2ncn[nH]2)cc1OCC. The van der Waals surface area contributed by atoms with E-state index in [1.165, 1.54) is 6.33 Å². The first-order valence-corrected chi connectivity index (χ1v) is 8.08. The fraction of sp³-hybridized carbons (Fsp3) is 0.385. The maximum atomic E-state index is 5.63. The highest BCUT2D eigenvalue weighted by Crippen LogP contribution is 2.36. The van der Waals surface area contributed by atoms with Gasteiger partial charge in [-0.25, -0.2) is 4.98 Å². The van der Waals surface area contributed by atoms with E-state index in [0.29, 0.717) is 13.2 Å². The second kappa shape index (κ2) is 7.54. The molecule has 1 aromatic heterocycles. The topological polar surface area (TPSA) is 60.0 Å². The van der Waals surface area contributed by atoms with E-state index < -0.39 is 0 Å². The molecule has 0 aliphatic rings. The molecule has 0 aliphatic carbocycles. The van der Waals surface area contributed by atoms with Crippen molar-refractivity contribution in [3.8, 4) is 11.5 Å². The van der Waals surface area contributed by atoms with Gasteiger partial charge in [-0.2, -0.15) is 5.10 Å². The van der Waals surface area contributed by atoms with E-state index >= 15 is 0 Å². The molecule has 0 saturated carbocycles. The third-order valence-electron chi connectivity index (χ3n) is 2.47. The zero-order valence-corrected chi connectivity index (χ0v) is 13.8. The van der Waals surface area contributed by atoms with Crippen LogP contribution >= 0.6 is 27.7 Å². The van der Waals surface area contributed by atoms with Gasteiger partial charge >= 0.3 is 0 Å². The van der Waals surface area contributed by atoms with Gasteiger partial charge in [0.2, 0.25) is 0 Å². The van der Waals surface area contributed by atoms with Crippen LogP contribution in [-0.4, -0.2) is 28.4 Å². The predicted molar refractivity (Wildman–Crippen MR) is 82.4 cm³/mol. The van der Waals surface area contributed by atoms with Crippen molar-refractivity contribution in [3.05, 3.63) is 28.5 Å². The van der Waals surface area contributed by atoms with Crippen molar-refractivity contribution in [1.82, 2.24) is 15.2 Å². The summed E-state index contributed by atoms with van der Waals surface area (Å²) in [6.07, 6.45) is 1.50. The third-order valence-corrected chi connectivity index (χ3v) is 4.13. The number of nitrogens with one attached hydrogen (secondary N) is 1. The second-order valence-corrected chi connectivity index (χ2v) is 5.65. The van der Waals surface area contributed by atoms with Gasteiger partial charge in [-0.05, 0) is 31.5 Å². The van der Waals surface area contributed by atoms with Crippen LogP contribution in [0.15, 0.2) is 28.1 Å². The van der Waals surface area contributed by atoms with Gasteiger partial charge in [-0.15, -0.1) is 0 Å². The van der Waals surface area contributed by atoms with Crippen LogP contribution in [0.25, 0.3) is 0 Å². The molecule has 0 saturated heterocycles. The van der Waals surface area contributed by atoms with Crippen LogP contribution in [0.3, 0.4) is 0 Å². The standard InChI is InChI=1S/C13H16BrN3O2S/c1-3-18-11-5-9(7-20-13-15-8-16-17-13)10(14)6-12(11)19-4-2/h5-6,8H,3-4,7H2,1-2H3,(H,15,16,17). The molecule has 2 aromatic rings. The minimum atomic E-state index is 0.608. The lowest BCUT2D eigenvalue weighted by Gasteiger charge is -2.13. The first-order valence-electron chi connectivity index (χ1n) is 6.30. The van der Waals surface area contributed by atoms with Crippen molar-refractivity contribution in [1.29, 1.82) is 0 Å². The highest BCUT2D eigenvalue weighted by Gasteiger charge is 2.11. The number of rotatable bonds is 7. The summed E-state index contributed by atoms with van der Waals surface area (Å²) in [5, 5.41) is 7.45. The first kappa shape index (κ1) is 15.2. The summed E-state index contributed by atoms with van der Waals surface area (Å²) < 4.78 is 12.2. The normalized spacial score (nSPS) is 10.6. The number of halogens is 1. The molecule has 0 spiro atoms. The lowest BCUT2D eigenvalue weighted by Crippen LogP contribution is -2.00. The number of nitrogens with zero attached hydrogens (tertiary/aromatic N) is 2. The van der Waals surface area contributed by atoms with Gasteiger partial charge in [0.1, 0.15) is 6.33 Å². The fourth-order valence-electron chi connectivity index (χ4n) is 1.63. The highest BCUT2D eigenvalue weighted by molar-refractivity contribution is 9.10. The first-order chi connectivity index (χ1) is 9.74. The molecule has 2 rings (SSSR count). The van der Waals surface area contributed by atoms with Crippen LogP contribution in [0.4, 0.5) is 0 Å². The number of benzene rings is 1. The van der Waals surface area contributed by atoms with Crippen molar-refractivity contribution < 1.29 is 9.47 Å². The van der Waals surface area contributed by atoms with Gasteiger partial charge in [0.05, 0.1) is 13.2 Å². The average molecular weight is 358 g/mol. The summed E-state index contributed by atoms with van der Waals surface area (Å²) in [6, 6.07) is 3.95. The molecule has 0 fully saturated rings. The van der Waals surface area contributed by atoms with E-state index in [1.54, 1.807) is 11.8 Å². The Morgan fingerprint density at radius 2 is 1.90 bits per heavy atom. The van der Waals surface area contributed by atoms with Crippen LogP contribution in [0.1, 0.15) is 19.4 Å². The van der Waals surface area contributed by atoms with Crippen molar-refractivity contribution in [2.45, 2.75) is 24.8 Å². The number of hydrogen-bond acceptors (Lipinski definition) is 5. The van der Waals surface area contributed by atoms with Crippen LogP contribution in [0.2, 0.25) is 0 Å². The van der Waals surface area contributed by atoms with Crippen molar-refractivity contribution in [2.24, 2.45) is 0 Å². The van der Waals surface area contributed by atoms with Crippen molar-refractivity contribution in [2.75, 3.05) is 13.2 Å². The van der Waals surface area contributed by atoms with Gasteiger partial charge in [-0.3, -0.25) is 5.10 Å². The van der Waals surface area contributed by atoms with E-state index in [2.05, 4.69) is 31.1 Å². The Balaban J connectivity index is 2.17. The predicted octanol–water partition coefficient (Wildman–Crippen LogP) is 3.66. The minimum absolute atomic E-state index is 0.608. The van der Waals surface area contributed by atoms with Gasteiger partial charge in [0, 0.05) is 10.2 Å². The Morgan fingerprint density at radius 3 is 2.50 bits per heavy atom. The second-order valence-electron chi connectivity index (χ2n) is 3.84. The summed E-state index contributed by atoms with van der Waals surface area (Å²) in [4.78, 5) is 4.09. The summed E-state index contributed by atoms with van der Waals surface area (Å²) in [7, 11) is 0. The number of aromatic amines is 1. The molecule has 0 bridgehead atoms. The van der Waals surface area contributed by atoms with Gasteiger partial charge < -0.3 is 9.47 Å². The average Bonchev–Trinajstić information content (AvgIpc) is 2.94. The third kappa shape index (κ3) is 3.89. The van der Waals surface area contributed by atoms with E-state index in [9.17, 15) is 0 Å². The Bertz CT molecular complexity index is 549. The molecule has 108 valence electrons. The number of aromatic nitrogens is 3. The molecule has 0 atom stereocenters. The molecular formula is C13H16BrN3O2S. The number of hydrogen-bond donors (Lipinski definition) is 1. The molecule has 0 aliphatic heterocycles. The number of thioether (sulfide) groups is 1. The molecule has 1 aromatic carbocycles. The zero-order chi connectivity index (χ0) is 14.4. The van der Waals surface area contributed by atoms with Crippen molar-refractivity contribution in [3.63, 3.8) is 0 Å². The number of ether oxygens (including phenoxy) is 2. The summed E-state index contributed by atoms with van der Waals surface area (Å²) in [6.45, 7) is 5.13. The quantitative estimate of drug-likeness (QED) is 0.766. The molecule has 1 heterocycles. The maximum Gasteiger partial charge on any atom is 0.183 e. The maximum absolute atomic E-state index is 5.63. The van der Waals surface area contributed by atoms with E-state index in [1.807, 2.05) is 26.0 Å². The Morgan fingerprint density at radius 1 is 1.20 bits per heavy atom. The fourth-order valence-corrected chi connectivity index (χ4v) is 3.05. The van der Waals surface area contributed by atoms with Crippen LogP contribution in [-0.2, 0) is 5.75 Å². The molecule has 0 amide bonds. The van der Waals surface area contributed by atoms with Gasteiger partial charge in [-0.1, -0.05) is 27.7 Å². The smallest absolute Gasteiger partial charge is 0.183 e. The van der Waals surface area contributed by atoms with Crippen LogP contribution in [0, 0.1) is 0 Å². The van der Waals surface area contributed by atoms with Crippen LogP contribution in [0.5, 0.6) is 11.5 Å². The Kier molecular flexibility index (Phi) is 5.72. The summed E-state index contributed by atoms with van der Waals surface area (Å²) >= 11 is 5.16. The largest absolute Gasteiger partial charge is 0.490 e. The van der Waals surface area contributed by atoms with E-state index in [0.717, 1.165) is 32.4 Å². The molecule has 20 heavy (non-hydrogen) atoms. The zero-order valence-electron chi connectivity index (χ0n) is 11.4. The molecule has 1 N–H and O–H groups in total. The van der Waals surface area contributed by atoms with Gasteiger partial charge in [0.15, 0.2) is 16.7 Å². The molecule has 7 heteroatoms. The lowest BCUT2D eigenvalue weighted by atomic mass is 10.2. The monoisotopic (exact) mass is 357 g/mol. The summed E-state index contributed by atoms with van der Waals surface area (Å²) in [5.41, 5.74) is 1.12. The molecule has 0 unspecified atom stereocenters. The molecule has 0 radical (unpaired) electrons. The minimum Gasteiger partial charge on any atom is -0.490 e. The highest BCUT2D eigenvalue weighted by atomic mass is 79.9. The Hall–Kier alpha value is -1.21. The number of H-pyrrole nitrogens is 1. The summed E-state index contributed by atoms with van der Waals surface area (Å²) in [5.74, 6) is 2.29. The molecular weight excluding hydrogens is 342 g/mol. The lowest BCUT2D eigenvalue weighted by molar-refractivity contribution is 0.287. The van der Waals surface area contributed by atoms with Crippen molar-refractivity contribution >= 4 is 27.7 Å². The van der Waals surface area contributed by atoms with Crippen LogP contribution < -0.4 is 9.47 Å². The van der Waals surface area contributed by atoms with Gasteiger partial charge in [0.25, 0.3) is 0 Å². The Labute approximate surface area is 130 Å². The van der Waals surface area contributed by atoms with E-state index in [4.69, 9.17) is 9.47 Å².